The van der Waals surface area contributed by atoms with Gasteiger partial charge in [0.15, 0.2) is 0 Å². The Morgan fingerprint density at radius 2 is 1.81 bits per heavy atom. The van der Waals surface area contributed by atoms with Crippen LogP contribution in [0.3, 0.4) is 0 Å². The minimum atomic E-state index is 0.264. The van der Waals surface area contributed by atoms with E-state index in [-0.39, 0.29) is 6.04 Å². The molecule has 0 aliphatic rings. The molecule has 0 aliphatic carbocycles. The largest absolute Gasteiger partial charge is 0.310 e. The van der Waals surface area contributed by atoms with E-state index < -0.39 is 0 Å². The van der Waals surface area contributed by atoms with E-state index in [2.05, 4.69) is 52.4 Å². The van der Waals surface area contributed by atoms with Crippen LogP contribution in [-0.2, 0) is 6.42 Å². The fraction of sp³-hybridized carbons (Fsp3) is 0.294. The summed E-state index contributed by atoms with van der Waals surface area (Å²) >= 11 is 15.5. The third-order valence-corrected chi connectivity index (χ3v) is 4.81. The molecule has 1 unspecified atom stereocenters. The van der Waals surface area contributed by atoms with Gasteiger partial charge in [-0.2, -0.15) is 0 Å². The van der Waals surface area contributed by atoms with E-state index in [9.17, 15) is 0 Å². The molecule has 2 aromatic carbocycles. The van der Waals surface area contributed by atoms with Crippen LogP contribution in [0.4, 0.5) is 0 Å². The lowest BCUT2D eigenvalue weighted by molar-refractivity contribution is 0.529. The smallest absolute Gasteiger partial charge is 0.0548 e. The summed E-state index contributed by atoms with van der Waals surface area (Å²) in [5.74, 6) is 0. The second-order valence-electron chi connectivity index (χ2n) is 5.01. The molecule has 0 heterocycles. The van der Waals surface area contributed by atoms with Crippen LogP contribution in [0.2, 0.25) is 10.0 Å². The van der Waals surface area contributed by atoms with Crippen molar-refractivity contribution in [3.63, 3.8) is 0 Å². The van der Waals surface area contributed by atoms with Crippen molar-refractivity contribution in [2.24, 2.45) is 0 Å². The zero-order valence-corrected chi connectivity index (χ0v) is 15.0. The van der Waals surface area contributed by atoms with Gasteiger partial charge < -0.3 is 5.32 Å². The number of halogens is 3. The second kappa shape index (κ2) is 8.19. The third kappa shape index (κ3) is 5.00. The van der Waals surface area contributed by atoms with E-state index >= 15 is 0 Å². The first-order valence-electron chi connectivity index (χ1n) is 7.03. The van der Waals surface area contributed by atoms with Crippen molar-refractivity contribution in [1.82, 2.24) is 5.32 Å². The maximum atomic E-state index is 6.09. The van der Waals surface area contributed by atoms with Crippen LogP contribution in [0.25, 0.3) is 0 Å². The van der Waals surface area contributed by atoms with E-state index in [1.807, 2.05) is 18.2 Å². The maximum Gasteiger partial charge on any atom is 0.0548 e. The van der Waals surface area contributed by atoms with Gasteiger partial charge in [-0.15, -0.1) is 0 Å². The van der Waals surface area contributed by atoms with E-state index in [0.29, 0.717) is 0 Å². The van der Waals surface area contributed by atoms with Crippen molar-refractivity contribution >= 4 is 39.1 Å². The van der Waals surface area contributed by atoms with Crippen molar-refractivity contribution in [3.8, 4) is 0 Å². The monoisotopic (exact) mass is 385 g/mol. The van der Waals surface area contributed by atoms with Crippen molar-refractivity contribution in [3.05, 3.63) is 68.1 Å². The summed E-state index contributed by atoms with van der Waals surface area (Å²) in [6.07, 6.45) is 2.02. The van der Waals surface area contributed by atoms with Crippen molar-refractivity contribution in [1.29, 1.82) is 0 Å². The van der Waals surface area contributed by atoms with Gasteiger partial charge in [-0.25, -0.2) is 0 Å². The van der Waals surface area contributed by atoms with Gasteiger partial charge in [0.1, 0.15) is 0 Å². The van der Waals surface area contributed by atoms with Crippen LogP contribution < -0.4 is 5.32 Å². The molecule has 1 N–H and O–H groups in total. The van der Waals surface area contributed by atoms with Crippen molar-refractivity contribution < 1.29 is 0 Å². The molecule has 1 atom stereocenters. The van der Waals surface area contributed by atoms with Gasteiger partial charge in [-0.3, -0.25) is 0 Å². The standard InChI is InChI=1S/C17H18BrCl2N/c1-2-9-21-17(10-12-3-6-14(19)7-4-12)13-5-8-16(20)15(18)11-13/h3-8,11,17,21H,2,9-10H2,1H3. The second-order valence-corrected chi connectivity index (χ2v) is 6.71. The molecule has 0 bridgehead atoms. The van der Waals surface area contributed by atoms with Gasteiger partial charge in [-0.1, -0.05) is 48.3 Å². The van der Waals surface area contributed by atoms with Crippen LogP contribution in [0.5, 0.6) is 0 Å². The van der Waals surface area contributed by atoms with Gasteiger partial charge in [0.05, 0.1) is 5.02 Å². The molecule has 0 fully saturated rings. The molecule has 21 heavy (non-hydrogen) atoms. The Hall–Kier alpha value is -0.540. The number of rotatable bonds is 6. The summed E-state index contributed by atoms with van der Waals surface area (Å²) in [5, 5.41) is 5.10. The molecule has 4 heteroatoms. The maximum absolute atomic E-state index is 6.09. The topological polar surface area (TPSA) is 12.0 Å². The van der Waals surface area contributed by atoms with Gasteiger partial charge in [0.25, 0.3) is 0 Å². The number of benzene rings is 2. The first-order chi connectivity index (χ1) is 10.1. The zero-order valence-electron chi connectivity index (χ0n) is 11.9. The molecular weight excluding hydrogens is 369 g/mol. The third-order valence-electron chi connectivity index (χ3n) is 3.34. The van der Waals surface area contributed by atoms with Crippen LogP contribution in [0.1, 0.15) is 30.5 Å². The van der Waals surface area contributed by atoms with Gasteiger partial charge in [0.2, 0.25) is 0 Å². The van der Waals surface area contributed by atoms with Crippen LogP contribution in [0, 0.1) is 0 Å². The lowest BCUT2D eigenvalue weighted by Gasteiger charge is -2.20. The zero-order chi connectivity index (χ0) is 15.2. The van der Waals surface area contributed by atoms with E-state index in [1.165, 1.54) is 11.1 Å². The lowest BCUT2D eigenvalue weighted by Crippen LogP contribution is -2.24. The summed E-state index contributed by atoms with van der Waals surface area (Å²) in [4.78, 5) is 0. The average molecular weight is 387 g/mol. The quantitative estimate of drug-likeness (QED) is 0.638. The number of hydrogen-bond donors (Lipinski definition) is 1. The number of hydrogen-bond acceptors (Lipinski definition) is 1. The molecule has 2 aromatic rings. The predicted molar refractivity (Wildman–Crippen MR) is 95.3 cm³/mol. The highest BCUT2D eigenvalue weighted by molar-refractivity contribution is 9.10. The number of nitrogens with one attached hydrogen (secondary N) is 1. The summed E-state index contributed by atoms with van der Waals surface area (Å²) in [6.45, 7) is 3.16. The highest BCUT2D eigenvalue weighted by Gasteiger charge is 2.13. The highest BCUT2D eigenvalue weighted by Crippen LogP contribution is 2.28. The molecule has 0 radical (unpaired) electrons. The molecule has 0 saturated carbocycles. The molecule has 0 aliphatic heterocycles. The Bertz CT molecular complexity index is 584. The van der Waals surface area contributed by atoms with Gasteiger partial charge in [0, 0.05) is 15.5 Å². The molecule has 1 nitrogen and oxygen atoms in total. The summed E-state index contributed by atoms with van der Waals surface area (Å²) in [5.41, 5.74) is 2.49. The van der Waals surface area contributed by atoms with Crippen molar-refractivity contribution in [2.45, 2.75) is 25.8 Å². The summed E-state index contributed by atoms with van der Waals surface area (Å²) in [6, 6.07) is 14.4. The molecule has 0 aromatic heterocycles. The predicted octanol–water partition coefficient (Wildman–Crippen LogP) is 6.04. The van der Waals surface area contributed by atoms with E-state index in [4.69, 9.17) is 23.2 Å². The molecule has 2 rings (SSSR count). The molecule has 0 saturated heterocycles. The fourth-order valence-electron chi connectivity index (χ4n) is 2.21. The average Bonchev–Trinajstić information content (AvgIpc) is 2.48. The molecule has 0 amide bonds. The molecule has 0 spiro atoms. The molecular formula is C17H18BrCl2N. The van der Waals surface area contributed by atoms with E-state index in [1.54, 1.807) is 0 Å². The Labute approximate surface area is 144 Å². The highest BCUT2D eigenvalue weighted by atomic mass is 79.9. The Balaban J connectivity index is 2.20. The van der Waals surface area contributed by atoms with Crippen molar-refractivity contribution in [2.75, 3.05) is 6.54 Å². The minimum Gasteiger partial charge on any atom is -0.310 e. The first kappa shape index (κ1) is 16.8. The lowest BCUT2D eigenvalue weighted by atomic mass is 9.99. The Morgan fingerprint density at radius 3 is 2.43 bits per heavy atom. The van der Waals surface area contributed by atoms with Crippen LogP contribution in [0.15, 0.2) is 46.9 Å². The van der Waals surface area contributed by atoms with Gasteiger partial charge in [-0.05, 0) is 70.7 Å². The molecule has 112 valence electrons. The summed E-state index contributed by atoms with van der Waals surface area (Å²) < 4.78 is 0.932. The Morgan fingerprint density at radius 1 is 1.10 bits per heavy atom. The normalized spacial score (nSPS) is 12.4. The SMILES string of the molecule is CCCNC(Cc1ccc(Cl)cc1)c1ccc(Cl)c(Br)c1. The summed E-state index contributed by atoms with van der Waals surface area (Å²) in [7, 11) is 0. The van der Waals surface area contributed by atoms with Gasteiger partial charge >= 0.3 is 0 Å². The van der Waals surface area contributed by atoms with E-state index in [0.717, 1.165) is 33.9 Å². The Kier molecular flexibility index (Phi) is 6.56. The van der Waals surface area contributed by atoms with Crippen LogP contribution >= 0.6 is 39.1 Å². The first-order valence-corrected chi connectivity index (χ1v) is 8.58. The van der Waals surface area contributed by atoms with Crippen LogP contribution in [-0.4, -0.2) is 6.54 Å². The fourth-order valence-corrected chi connectivity index (χ4v) is 2.85. The minimum absolute atomic E-state index is 0.264.